The van der Waals surface area contributed by atoms with Crippen molar-refractivity contribution in [3.05, 3.63) is 35.7 Å². The SMILES string of the molecule is CCOOP(=O)(Cc1nnc(-c2ccccc2C(=O)O)nn1)OOCC. The van der Waals surface area contributed by atoms with E-state index in [1.165, 1.54) is 12.1 Å². The van der Waals surface area contributed by atoms with Crippen LogP contribution in [0.5, 0.6) is 0 Å². The van der Waals surface area contributed by atoms with E-state index in [2.05, 4.69) is 30.2 Å². The van der Waals surface area contributed by atoms with Gasteiger partial charge in [-0.15, -0.1) is 29.7 Å². The molecule has 0 radical (unpaired) electrons. The predicted molar refractivity (Wildman–Crippen MR) is 86.7 cm³/mol. The molecule has 26 heavy (non-hydrogen) atoms. The van der Waals surface area contributed by atoms with E-state index in [1.807, 2.05) is 0 Å². The van der Waals surface area contributed by atoms with Crippen LogP contribution >= 0.6 is 7.60 Å². The zero-order valence-electron chi connectivity index (χ0n) is 14.1. The third kappa shape index (κ3) is 5.35. The molecule has 0 saturated carbocycles. The summed E-state index contributed by atoms with van der Waals surface area (Å²) in [6.07, 6.45) is -0.395. The van der Waals surface area contributed by atoms with E-state index >= 15 is 0 Å². The van der Waals surface area contributed by atoms with Gasteiger partial charge in [0.2, 0.25) is 5.82 Å². The Balaban J connectivity index is 2.20. The van der Waals surface area contributed by atoms with Gasteiger partial charge in [0.1, 0.15) is 6.16 Å². The summed E-state index contributed by atoms with van der Waals surface area (Å²) >= 11 is 0. The molecular weight excluding hydrogens is 367 g/mol. The second kappa shape index (κ2) is 9.41. The van der Waals surface area contributed by atoms with Gasteiger partial charge in [-0.1, -0.05) is 18.2 Å². The first-order chi connectivity index (χ1) is 12.5. The third-order valence-corrected chi connectivity index (χ3v) is 4.16. The normalized spacial score (nSPS) is 11.5. The van der Waals surface area contributed by atoms with Crippen molar-refractivity contribution in [3.8, 4) is 11.4 Å². The van der Waals surface area contributed by atoms with Crippen LogP contribution in [0.3, 0.4) is 0 Å². The molecule has 0 spiro atoms. The lowest BCUT2D eigenvalue weighted by atomic mass is 10.1. The zero-order valence-corrected chi connectivity index (χ0v) is 15.0. The molecule has 2 rings (SSSR count). The van der Waals surface area contributed by atoms with Gasteiger partial charge in [0.25, 0.3) is 0 Å². The number of carbonyl (C=O) groups is 1. The average Bonchev–Trinajstić information content (AvgIpc) is 2.65. The standard InChI is InChI=1S/C14H17N4O7P/c1-3-22-24-26(21,25-23-4-2)9-12-15-17-13(18-16-12)10-7-5-6-8-11(10)14(19)20/h5-8H,3-4,9H2,1-2H3,(H,19,20). The van der Waals surface area contributed by atoms with Crippen LogP contribution in [0.25, 0.3) is 11.4 Å². The number of nitrogens with zero attached hydrogens (tertiary/aromatic N) is 4. The quantitative estimate of drug-likeness (QED) is 0.366. The number of benzene rings is 1. The first-order valence-electron chi connectivity index (χ1n) is 7.59. The van der Waals surface area contributed by atoms with Crippen LogP contribution in [0.15, 0.2) is 24.3 Å². The number of rotatable bonds is 10. The molecule has 0 bridgehead atoms. The van der Waals surface area contributed by atoms with Gasteiger partial charge in [0, 0.05) is 5.56 Å². The van der Waals surface area contributed by atoms with Crippen molar-refractivity contribution in [3.63, 3.8) is 0 Å². The fraction of sp³-hybridized carbons (Fsp3) is 0.357. The van der Waals surface area contributed by atoms with E-state index in [0.717, 1.165) is 0 Å². The lowest BCUT2D eigenvalue weighted by Gasteiger charge is -2.14. The number of aromatic carboxylic acids is 1. The van der Waals surface area contributed by atoms with E-state index in [9.17, 15) is 14.5 Å². The molecule has 0 saturated heterocycles. The Morgan fingerprint density at radius 3 is 2.15 bits per heavy atom. The molecule has 1 N–H and O–H groups in total. The van der Waals surface area contributed by atoms with Crippen LogP contribution in [-0.2, 0) is 29.9 Å². The molecule has 2 aromatic rings. The topological polar surface area (TPSA) is 143 Å². The first kappa shape index (κ1) is 20.0. The Morgan fingerprint density at radius 1 is 1.04 bits per heavy atom. The number of carboxylic acid groups (broad SMARTS) is 1. The Bertz CT molecular complexity index is 775. The average molecular weight is 384 g/mol. The van der Waals surface area contributed by atoms with Crippen LogP contribution in [-0.4, -0.2) is 44.7 Å². The summed E-state index contributed by atoms with van der Waals surface area (Å²) in [5.41, 5.74) is 0.264. The van der Waals surface area contributed by atoms with Gasteiger partial charge in [-0.3, -0.25) is 4.57 Å². The van der Waals surface area contributed by atoms with Gasteiger partial charge in [-0.2, -0.15) is 0 Å². The number of hydrogen-bond donors (Lipinski definition) is 1. The van der Waals surface area contributed by atoms with Crippen molar-refractivity contribution in [2.45, 2.75) is 20.0 Å². The Labute approximate surface area is 148 Å². The minimum atomic E-state index is -3.83. The lowest BCUT2D eigenvalue weighted by Crippen LogP contribution is -2.08. The lowest BCUT2D eigenvalue weighted by molar-refractivity contribution is -0.263. The zero-order chi connectivity index (χ0) is 19.0. The maximum Gasteiger partial charge on any atom is 0.391 e. The molecule has 0 amide bonds. The molecule has 0 aliphatic heterocycles. The summed E-state index contributed by atoms with van der Waals surface area (Å²) in [6.45, 7) is 3.56. The summed E-state index contributed by atoms with van der Waals surface area (Å²) in [5.74, 6) is -1.17. The van der Waals surface area contributed by atoms with Crippen molar-refractivity contribution in [2.75, 3.05) is 13.2 Å². The summed E-state index contributed by atoms with van der Waals surface area (Å²) in [4.78, 5) is 20.6. The molecule has 12 heteroatoms. The monoisotopic (exact) mass is 384 g/mol. The van der Waals surface area contributed by atoms with E-state index in [4.69, 9.17) is 9.35 Å². The summed E-state index contributed by atoms with van der Waals surface area (Å²) in [6, 6.07) is 6.16. The molecule has 0 unspecified atom stereocenters. The third-order valence-electron chi connectivity index (χ3n) is 2.82. The molecular formula is C14H17N4O7P. The van der Waals surface area contributed by atoms with Gasteiger partial charge in [0.15, 0.2) is 5.82 Å². The van der Waals surface area contributed by atoms with Gasteiger partial charge >= 0.3 is 13.6 Å². The molecule has 1 aromatic carbocycles. The van der Waals surface area contributed by atoms with E-state index in [1.54, 1.807) is 26.0 Å². The van der Waals surface area contributed by atoms with Crippen molar-refractivity contribution >= 4 is 13.6 Å². The van der Waals surface area contributed by atoms with Crippen LogP contribution in [0.1, 0.15) is 30.0 Å². The highest BCUT2D eigenvalue weighted by Crippen LogP contribution is 2.51. The van der Waals surface area contributed by atoms with Crippen LogP contribution < -0.4 is 0 Å². The fourth-order valence-corrected chi connectivity index (χ4v) is 2.93. The van der Waals surface area contributed by atoms with Crippen LogP contribution in [0, 0.1) is 0 Å². The van der Waals surface area contributed by atoms with Crippen molar-refractivity contribution < 1.29 is 33.6 Å². The number of aromatic nitrogens is 4. The molecule has 0 aliphatic carbocycles. The van der Waals surface area contributed by atoms with Crippen molar-refractivity contribution in [1.82, 2.24) is 20.4 Å². The summed E-state index contributed by atoms with van der Waals surface area (Å²) < 4.78 is 22.0. The predicted octanol–water partition coefficient (Wildman–Crippen LogP) is 2.26. The van der Waals surface area contributed by atoms with E-state index in [-0.39, 0.29) is 36.0 Å². The van der Waals surface area contributed by atoms with Crippen LogP contribution in [0.2, 0.25) is 0 Å². The highest BCUT2D eigenvalue weighted by Gasteiger charge is 2.31. The van der Waals surface area contributed by atoms with Crippen LogP contribution in [0.4, 0.5) is 0 Å². The second-order valence-corrected chi connectivity index (χ2v) is 6.56. The Morgan fingerprint density at radius 2 is 1.62 bits per heavy atom. The van der Waals surface area contributed by atoms with Gasteiger partial charge < -0.3 is 5.11 Å². The first-order valence-corrected chi connectivity index (χ1v) is 9.32. The number of hydrogen-bond acceptors (Lipinski definition) is 10. The summed E-state index contributed by atoms with van der Waals surface area (Å²) in [7, 11) is -3.83. The maximum absolute atomic E-state index is 12.5. The molecule has 1 aromatic heterocycles. The van der Waals surface area contributed by atoms with Gasteiger partial charge in [-0.25, -0.2) is 14.6 Å². The van der Waals surface area contributed by atoms with Crippen molar-refractivity contribution in [2.24, 2.45) is 0 Å². The fourth-order valence-electron chi connectivity index (χ4n) is 1.79. The number of carboxylic acids is 1. The minimum absolute atomic E-state index is 0.00822. The molecule has 0 aliphatic rings. The molecule has 1 heterocycles. The molecule has 11 nitrogen and oxygen atoms in total. The molecule has 0 atom stereocenters. The Hall–Kier alpha value is -2.30. The highest BCUT2D eigenvalue weighted by molar-refractivity contribution is 7.52. The van der Waals surface area contributed by atoms with Crippen molar-refractivity contribution in [1.29, 1.82) is 0 Å². The van der Waals surface area contributed by atoms with Gasteiger partial charge in [-0.05, 0) is 19.9 Å². The largest absolute Gasteiger partial charge is 0.478 e. The van der Waals surface area contributed by atoms with E-state index in [0.29, 0.717) is 0 Å². The highest BCUT2D eigenvalue weighted by atomic mass is 31.2. The van der Waals surface area contributed by atoms with Gasteiger partial charge in [0.05, 0.1) is 18.8 Å². The maximum atomic E-state index is 12.5. The van der Waals surface area contributed by atoms with E-state index < -0.39 is 19.7 Å². The summed E-state index contributed by atoms with van der Waals surface area (Å²) in [5, 5.41) is 24.5. The Kier molecular flexibility index (Phi) is 7.25. The molecule has 0 fully saturated rings. The smallest absolute Gasteiger partial charge is 0.391 e. The molecule has 140 valence electrons. The second-order valence-electron chi connectivity index (χ2n) is 4.72. The minimum Gasteiger partial charge on any atom is -0.478 e.